The third-order valence-corrected chi connectivity index (χ3v) is 3.74. The summed E-state index contributed by atoms with van der Waals surface area (Å²) in [6, 6.07) is 11.1. The standard InChI is InChI=1S/C19H23NO5/c1-14-17(19(22)23-3)12-16(25-14)13-20(2)18(21)10-7-11-24-15-8-5-4-6-9-15/h4-6,8-9,12H,7,10-11,13H2,1-3H3. The van der Waals surface area contributed by atoms with Gasteiger partial charge in [0.15, 0.2) is 0 Å². The summed E-state index contributed by atoms with van der Waals surface area (Å²) in [5.41, 5.74) is 0.384. The number of esters is 1. The molecule has 0 aliphatic rings. The summed E-state index contributed by atoms with van der Waals surface area (Å²) in [5, 5.41) is 0. The molecule has 0 radical (unpaired) electrons. The fraction of sp³-hybridized carbons (Fsp3) is 0.368. The molecule has 1 aromatic carbocycles. The van der Waals surface area contributed by atoms with Crippen LogP contribution in [0.5, 0.6) is 5.75 Å². The van der Waals surface area contributed by atoms with Gasteiger partial charge in [-0.15, -0.1) is 0 Å². The van der Waals surface area contributed by atoms with E-state index in [1.54, 1.807) is 24.9 Å². The average Bonchev–Trinajstić information content (AvgIpc) is 2.98. The number of carbonyl (C=O) groups is 2. The lowest BCUT2D eigenvalue weighted by Gasteiger charge is -2.15. The van der Waals surface area contributed by atoms with E-state index < -0.39 is 5.97 Å². The number of hydrogen-bond donors (Lipinski definition) is 0. The van der Waals surface area contributed by atoms with E-state index in [-0.39, 0.29) is 5.91 Å². The van der Waals surface area contributed by atoms with Gasteiger partial charge >= 0.3 is 5.97 Å². The number of methoxy groups -OCH3 is 1. The molecular weight excluding hydrogens is 322 g/mol. The molecule has 0 aliphatic heterocycles. The van der Waals surface area contributed by atoms with Crippen LogP contribution in [0, 0.1) is 6.92 Å². The highest BCUT2D eigenvalue weighted by Crippen LogP contribution is 2.17. The number of ether oxygens (including phenoxy) is 2. The molecule has 6 heteroatoms. The van der Waals surface area contributed by atoms with Gasteiger partial charge in [-0.25, -0.2) is 4.79 Å². The molecule has 25 heavy (non-hydrogen) atoms. The van der Waals surface area contributed by atoms with Gasteiger partial charge in [-0.2, -0.15) is 0 Å². The zero-order valence-corrected chi connectivity index (χ0v) is 14.8. The van der Waals surface area contributed by atoms with Crippen molar-refractivity contribution >= 4 is 11.9 Å². The third-order valence-electron chi connectivity index (χ3n) is 3.74. The Labute approximate surface area is 147 Å². The number of amides is 1. The van der Waals surface area contributed by atoms with Crippen LogP contribution in [-0.2, 0) is 16.1 Å². The molecule has 2 aromatic rings. The quantitative estimate of drug-likeness (QED) is 0.543. The number of nitrogens with zero attached hydrogens (tertiary/aromatic N) is 1. The minimum Gasteiger partial charge on any atom is -0.494 e. The van der Waals surface area contributed by atoms with Gasteiger partial charge in [0.2, 0.25) is 5.91 Å². The Kier molecular flexibility index (Phi) is 6.62. The van der Waals surface area contributed by atoms with Crippen molar-refractivity contribution < 1.29 is 23.5 Å². The van der Waals surface area contributed by atoms with Crippen molar-refractivity contribution in [3.8, 4) is 5.75 Å². The van der Waals surface area contributed by atoms with Crippen molar-refractivity contribution in [3.63, 3.8) is 0 Å². The smallest absolute Gasteiger partial charge is 0.341 e. The maximum Gasteiger partial charge on any atom is 0.341 e. The molecule has 1 amide bonds. The molecule has 0 saturated heterocycles. The van der Waals surface area contributed by atoms with Gasteiger partial charge < -0.3 is 18.8 Å². The summed E-state index contributed by atoms with van der Waals surface area (Å²) in [6.07, 6.45) is 1.01. The van der Waals surface area contributed by atoms with Gasteiger partial charge in [0, 0.05) is 13.5 Å². The van der Waals surface area contributed by atoms with Gasteiger partial charge in [0.25, 0.3) is 0 Å². The van der Waals surface area contributed by atoms with Gasteiger partial charge in [-0.1, -0.05) is 18.2 Å². The van der Waals surface area contributed by atoms with Crippen LogP contribution in [0.15, 0.2) is 40.8 Å². The summed E-state index contributed by atoms with van der Waals surface area (Å²) < 4.78 is 15.8. The van der Waals surface area contributed by atoms with Crippen LogP contribution in [0.25, 0.3) is 0 Å². The van der Waals surface area contributed by atoms with Crippen molar-refractivity contribution in [1.29, 1.82) is 0 Å². The second-order valence-corrected chi connectivity index (χ2v) is 5.69. The monoisotopic (exact) mass is 345 g/mol. The minimum absolute atomic E-state index is 0.00895. The molecular formula is C19H23NO5. The lowest BCUT2D eigenvalue weighted by atomic mass is 10.2. The van der Waals surface area contributed by atoms with Crippen molar-refractivity contribution in [3.05, 3.63) is 53.5 Å². The number of furan rings is 1. The fourth-order valence-corrected chi connectivity index (χ4v) is 2.38. The van der Waals surface area contributed by atoms with Crippen molar-refractivity contribution in [2.45, 2.75) is 26.3 Å². The molecule has 2 rings (SSSR count). The molecule has 0 atom stereocenters. The summed E-state index contributed by atoms with van der Waals surface area (Å²) in [4.78, 5) is 25.3. The number of benzene rings is 1. The van der Waals surface area contributed by atoms with E-state index in [1.165, 1.54) is 7.11 Å². The molecule has 1 heterocycles. The van der Waals surface area contributed by atoms with Crippen LogP contribution in [0.1, 0.15) is 34.7 Å². The van der Waals surface area contributed by atoms with Crippen LogP contribution in [0.2, 0.25) is 0 Å². The van der Waals surface area contributed by atoms with Crippen LogP contribution in [0.4, 0.5) is 0 Å². The first-order valence-corrected chi connectivity index (χ1v) is 8.10. The molecule has 0 fully saturated rings. The molecule has 0 unspecified atom stereocenters. The van der Waals surface area contributed by atoms with Crippen molar-refractivity contribution in [2.24, 2.45) is 0 Å². The van der Waals surface area contributed by atoms with Crippen molar-refractivity contribution in [1.82, 2.24) is 4.90 Å². The molecule has 6 nitrogen and oxygen atoms in total. The predicted octanol–water partition coefficient (Wildman–Crippen LogP) is 3.19. The third kappa shape index (κ3) is 5.38. The summed E-state index contributed by atoms with van der Waals surface area (Å²) in [6.45, 7) is 2.48. The van der Waals surface area contributed by atoms with E-state index in [4.69, 9.17) is 13.9 Å². The lowest BCUT2D eigenvalue weighted by molar-refractivity contribution is -0.130. The molecule has 0 saturated carbocycles. The number of para-hydroxylation sites is 1. The number of hydrogen-bond acceptors (Lipinski definition) is 5. The van der Waals surface area contributed by atoms with E-state index in [1.807, 2.05) is 30.3 Å². The fourth-order valence-electron chi connectivity index (χ4n) is 2.38. The highest BCUT2D eigenvalue weighted by molar-refractivity contribution is 5.90. The van der Waals surface area contributed by atoms with Crippen LogP contribution >= 0.6 is 0 Å². The molecule has 0 N–H and O–H groups in total. The van der Waals surface area contributed by atoms with E-state index in [2.05, 4.69) is 0 Å². The van der Waals surface area contributed by atoms with Gasteiger partial charge in [0.05, 0.1) is 20.3 Å². The highest BCUT2D eigenvalue weighted by Gasteiger charge is 2.17. The van der Waals surface area contributed by atoms with Crippen LogP contribution in [-0.4, -0.2) is 37.5 Å². The van der Waals surface area contributed by atoms with Gasteiger partial charge in [-0.3, -0.25) is 4.79 Å². The van der Waals surface area contributed by atoms with Crippen LogP contribution in [0.3, 0.4) is 0 Å². The topological polar surface area (TPSA) is 69.0 Å². The zero-order valence-electron chi connectivity index (χ0n) is 14.8. The number of carbonyl (C=O) groups excluding carboxylic acids is 2. The summed E-state index contributed by atoms with van der Waals surface area (Å²) in [7, 11) is 3.03. The van der Waals surface area contributed by atoms with Gasteiger partial charge in [0.1, 0.15) is 22.8 Å². The number of aryl methyl sites for hydroxylation is 1. The summed E-state index contributed by atoms with van der Waals surface area (Å²) in [5.74, 6) is 1.38. The summed E-state index contributed by atoms with van der Waals surface area (Å²) >= 11 is 0. The average molecular weight is 345 g/mol. The van der Waals surface area contributed by atoms with E-state index in [0.717, 1.165) is 5.75 Å². The Morgan fingerprint density at radius 2 is 1.92 bits per heavy atom. The highest BCUT2D eigenvalue weighted by atomic mass is 16.5. The molecule has 134 valence electrons. The number of rotatable bonds is 8. The Balaban J connectivity index is 1.77. The molecule has 1 aromatic heterocycles. The molecule has 0 spiro atoms. The molecule has 0 aliphatic carbocycles. The maximum atomic E-state index is 12.2. The second-order valence-electron chi connectivity index (χ2n) is 5.69. The van der Waals surface area contributed by atoms with Gasteiger partial charge in [-0.05, 0) is 31.5 Å². The first kappa shape index (κ1) is 18.6. The Morgan fingerprint density at radius 1 is 1.20 bits per heavy atom. The second kappa shape index (κ2) is 8.92. The molecule has 0 bridgehead atoms. The Hall–Kier alpha value is -2.76. The zero-order chi connectivity index (χ0) is 18.2. The normalized spacial score (nSPS) is 10.4. The van der Waals surface area contributed by atoms with E-state index >= 15 is 0 Å². The predicted molar refractivity (Wildman–Crippen MR) is 92.4 cm³/mol. The first-order chi connectivity index (χ1) is 12.0. The minimum atomic E-state index is -0.445. The van der Waals surface area contributed by atoms with Crippen molar-refractivity contribution in [2.75, 3.05) is 20.8 Å². The van der Waals surface area contributed by atoms with E-state index in [0.29, 0.717) is 43.1 Å². The largest absolute Gasteiger partial charge is 0.494 e. The lowest BCUT2D eigenvalue weighted by Crippen LogP contribution is -2.26. The maximum absolute atomic E-state index is 12.2. The van der Waals surface area contributed by atoms with Crippen LogP contribution < -0.4 is 4.74 Å². The Morgan fingerprint density at radius 3 is 2.60 bits per heavy atom. The first-order valence-electron chi connectivity index (χ1n) is 8.10. The SMILES string of the molecule is COC(=O)c1cc(CN(C)C(=O)CCCOc2ccccc2)oc1C. The Bertz CT molecular complexity index is 708. The van der Waals surface area contributed by atoms with E-state index in [9.17, 15) is 9.59 Å².